The molecule has 0 saturated carbocycles. The Bertz CT molecular complexity index is 646. The number of rotatable bonds is 6. The lowest BCUT2D eigenvalue weighted by Crippen LogP contribution is -1.99. The molecule has 0 saturated heterocycles. The second kappa shape index (κ2) is 7.52. The van der Waals surface area contributed by atoms with Gasteiger partial charge in [-0.3, -0.25) is 0 Å². The lowest BCUT2D eigenvalue weighted by Gasteiger charge is -2.03. The third-order valence-corrected chi connectivity index (χ3v) is 2.49. The third kappa shape index (κ3) is 4.85. The number of azide groups is 1. The fourth-order valence-corrected chi connectivity index (χ4v) is 1.49. The molecule has 106 valence electrons. The van der Waals surface area contributed by atoms with E-state index in [9.17, 15) is 0 Å². The Balaban J connectivity index is 1.92. The fourth-order valence-electron chi connectivity index (χ4n) is 1.49. The summed E-state index contributed by atoms with van der Waals surface area (Å²) in [6.07, 6.45) is 0. The lowest BCUT2D eigenvalue weighted by atomic mass is 10.3. The fraction of sp³-hybridized carbons (Fsp3) is 0.143. The maximum absolute atomic E-state index is 9.16. The second-order valence-electron chi connectivity index (χ2n) is 4.01. The minimum absolute atomic E-state index is 0.191. The Morgan fingerprint density at radius 1 is 0.952 bits per heavy atom. The van der Waals surface area contributed by atoms with Crippen molar-refractivity contribution in [2.75, 3.05) is 13.2 Å². The summed E-state index contributed by atoms with van der Waals surface area (Å²) in [6.45, 7) is 0.622. The van der Waals surface area contributed by atoms with Crippen LogP contribution in [0, 0.1) is 0 Å². The van der Waals surface area contributed by atoms with Crippen LogP contribution in [0.1, 0.15) is 0 Å². The monoisotopic (exact) mass is 283 g/mol. The van der Waals surface area contributed by atoms with Gasteiger partial charge in [0.1, 0.15) is 11.5 Å². The van der Waals surface area contributed by atoms with E-state index in [0.29, 0.717) is 30.3 Å². The topological polar surface area (TPSA) is 103 Å². The van der Waals surface area contributed by atoms with Crippen LogP contribution in [-0.4, -0.2) is 18.3 Å². The molecule has 0 spiro atoms. The van der Waals surface area contributed by atoms with Gasteiger partial charge in [-0.2, -0.15) is 10.2 Å². The Kier molecular flexibility index (Phi) is 5.14. The van der Waals surface area contributed by atoms with E-state index >= 15 is 0 Å². The molecule has 0 aliphatic carbocycles. The van der Waals surface area contributed by atoms with Gasteiger partial charge in [-0.15, -0.1) is 0 Å². The first kappa shape index (κ1) is 14.4. The van der Waals surface area contributed by atoms with E-state index in [4.69, 9.17) is 15.4 Å². The molecule has 0 aliphatic rings. The van der Waals surface area contributed by atoms with Crippen molar-refractivity contribution in [2.24, 2.45) is 15.3 Å². The molecule has 0 amide bonds. The highest BCUT2D eigenvalue weighted by atomic mass is 16.5. The zero-order valence-corrected chi connectivity index (χ0v) is 11.1. The molecule has 0 aliphatic heterocycles. The Morgan fingerprint density at radius 2 is 1.52 bits per heavy atom. The molecule has 0 heterocycles. The highest BCUT2D eigenvalue weighted by Gasteiger charge is 1.95. The predicted molar refractivity (Wildman–Crippen MR) is 78.2 cm³/mol. The van der Waals surface area contributed by atoms with E-state index in [-0.39, 0.29) is 5.75 Å². The van der Waals surface area contributed by atoms with E-state index in [1.807, 2.05) is 0 Å². The minimum atomic E-state index is 0.191. The van der Waals surface area contributed by atoms with Gasteiger partial charge in [0, 0.05) is 4.91 Å². The van der Waals surface area contributed by atoms with Crippen LogP contribution >= 0.6 is 0 Å². The number of hydrogen-bond donors (Lipinski definition) is 1. The molecule has 0 unspecified atom stereocenters. The number of phenolic OH excluding ortho intramolecular Hbond substituents is 1. The zero-order valence-electron chi connectivity index (χ0n) is 11.1. The number of nitrogens with zero attached hydrogens (tertiary/aromatic N) is 5. The van der Waals surface area contributed by atoms with Crippen LogP contribution in [-0.2, 0) is 0 Å². The van der Waals surface area contributed by atoms with Crippen molar-refractivity contribution in [3.8, 4) is 11.5 Å². The number of ether oxygens (including phenoxy) is 1. The van der Waals surface area contributed by atoms with Crippen molar-refractivity contribution in [2.45, 2.75) is 0 Å². The van der Waals surface area contributed by atoms with Gasteiger partial charge < -0.3 is 9.84 Å². The number of hydrogen-bond acceptors (Lipinski definition) is 5. The molecule has 7 heteroatoms. The van der Waals surface area contributed by atoms with Crippen LogP contribution in [0.5, 0.6) is 11.5 Å². The molecule has 0 aromatic heterocycles. The smallest absolute Gasteiger partial charge is 0.119 e. The van der Waals surface area contributed by atoms with Crippen LogP contribution in [0.25, 0.3) is 10.4 Å². The average molecular weight is 283 g/mol. The molecular weight excluding hydrogens is 270 g/mol. The lowest BCUT2D eigenvalue weighted by molar-refractivity contribution is 0.328. The minimum Gasteiger partial charge on any atom is -0.508 e. The molecule has 7 nitrogen and oxygen atoms in total. The normalized spacial score (nSPS) is 10.3. The molecule has 2 rings (SSSR count). The van der Waals surface area contributed by atoms with Crippen LogP contribution < -0.4 is 4.74 Å². The molecule has 0 fully saturated rings. The first-order chi connectivity index (χ1) is 10.3. The summed E-state index contributed by atoms with van der Waals surface area (Å²) >= 11 is 0. The first-order valence-corrected chi connectivity index (χ1v) is 6.22. The molecule has 0 atom stereocenters. The third-order valence-electron chi connectivity index (χ3n) is 2.49. The summed E-state index contributed by atoms with van der Waals surface area (Å²) in [5.41, 5.74) is 9.47. The number of aromatic hydroxyl groups is 1. The molecular formula is C14H13N5O2. The van der Waals surface area contributed by atoms with E-state index in [0.717, 1.165) is 0 Å². The Labute approximate surface area is 121 Å². The standard InChI is InChI=1S/C14H13N5O2/c15-19-16-9-10-21-14-7-3-12(4-8-14)18-17-11-1-5-13(20)6-2-11/h1-8,20H,9-10H2. The molecule has 2 aromatic rings. The van der Waals surface area contributed by atoms with Crippen LogP contribution in [0.15, 0.2) is 63.9 Å². The Hall–Kier alpha value is -3.05. The number of azo groups is 1. The average Bonchev–Trinajstić information content (AvgIpc) is 2.52. The summed E-state index contributed by atoms with van der Waals surface area (Å²) in [6, 6.07) is 13.5. The van der Waals surface area contributed by atoms with Crippen molar-refractivity contribution in [1.29, 1.82) is 0 Å². The van der Waals surface area contributed by atoms with Gasteiger partial charge in [-0.05, 0) is 54.1 Å². The highest BCUT2D eigenvalue weighted by Crippen LogP contribution is 2.22. The molecule has 2 aromatic carbocycles. The largest absolute Gasteiger partial charge is 0.508 e. The van der Waals surface area contributed by atoms with Gasteiger partial charge in [0.05, 0.1) is 24.5 Å². The van der Waals surface area contributed by atoms with Crippen molar-refractivity contribution in [3.63, 3.8) is 0 Å². The van der Waals surface area contributed by atoms with E-state index in [1.165, 1.54) is 0 Å². The highest BCUT2D eigenvalue weighted by molar-refractivity contribution is 5.43. The summed E-state index contributed by atoms with van der Waals surface area (Å²) in [5.74, 6) is 0.864. The molecule has 1 N–H and O–H groups in total. The van der Waals surface area contributed by atoms with Crippen LogP contribution in [0.2, 0.25) is 0 Å². The second-order valence-corrected chi connectivity index (χ2v) is 4.01. The predicted octanol–water partition coefficient (Wildman–Crippen LogP) is 4.50. The van der Waals surface area contributed by atoms with Crippen molar-refractivity contribution >= 4 is 11.4 Å². The zero-order chi connectivity index (χ0) is 14.9. The van der Waals surface area contributed by atoms with E-state index in [2.05, 4.69) is 20.3 Å². The van der Waals surface area contributed by atoms with Crippen molar-refractivity contribution < 1.29 is 9.84 Å². The number of phenols is 1. The van der Waals surface area contributed by atoms with Gasteiger partial charge >= 0.3 is 0 Å². The maximum atomic E-state index is 9.16. The van der Waals surface area contributed by atoms with Crippen molar-refractivity contribution in [3.05, 3.63) is 59.0 Å². The molecule has 0 bridgehead atoms. The summed E-state index contributed by atoms with van der Waals surface area (Å²) in [4.78, 5) is 2.64. The maximum Gasteiger partial charge on any atom is 0.119 e. The molecule has 21 heavy (non-hydrogen) atoms. The quantitative estimate of drug-likeness (QED) is 0.365. The summed E-state index contributed by atoms with van der Waals surface area (Å²) in [7, 11) is 0. The van der Waals surface area contributed by atoms with Gasteiger partial charge in [0.2, 0.25) is 0 Å². The summed E-state index contributed by atoms with van der Waals surface area (Å²) in [5, 5.41) is 20.7. The van der Waals surface area contributed by atoms with Crippen LogP contribution in [0.3, 0.4) is 0 Å². The SMILES string of the molecule is [N-]=[N+]=NCCOc1ccc(N=Nc2ccc(O)cc2)cc1. The first-order valence-electron chi connectivity index (χ1n) is 6.22. The van der Waals surface area contributed by atoms with Crippen molar-refractivity contribution in [1.82, 2.24) is 0 Å². The molecule has 0 radical (unpaired) electrons. The van der Waals surface area contributed by atoms with Gasteiger partial charge in [-0.25, -0.2) is 0 Å². The van der Waals surface area contributed by atoms with E-state index < -0.39 is 0 Å². The van der Waals surface area contributed by atoms with Gasteiger partial charge in [0.25, 0.3) is 0 Å². The summed E-state index contributed by atoms with van der Waals surface area (Å²) < 4.78 is 5.37. The van der Waals surface area contributed by atoms with Crippen LogP contribution in [0.4, 0.5) is 11.4 Å². The Morgan fingerprint density at radius 3 is 2.10 bits per heavy atom. The van der Waals surface area contributed by atoms with Gasteiger partial charge in [0.15, 0.2) is 0 Å². The van der Waals surface area contributed by atoms with E-state index in [1.54, 1.807) is 48.5 Å². The van der Waals surface area contributed by atoms with Gasteiger partial charge in [-0.1, -0.05) is 5.11 Å². The number of benzene rings is 2.